The Hall–Kier alpha value is -1.06. The van der Waals surface area contributed by atoms with E-state index in [0.29, 0.717) is 17.1 Å². The van der Waals surface area contributed by atoms with Gasteiger partial charge < -0.3 is 11.1 Å². The van der Waals surface area contributed by atoms with E-state index in [0.717, 1.165) is 37.8 Å². The molecule has 1 rings (SSSR count). The molecule has 0 heterocycles. The van der Waals surface area contributed by atoms with Crippen molar-refractivity contribution in [3.63, 3.8) is 0 Å². The Bertz CT molecular complexity index is 393. The van der Waals surface area contributed by atoms with Gasteiger partial charge in [0.25, 0.3) is 0 Å². The second kappa shape index (κ2) is 8.11. The van der Waals surface area contributed by atoms with Crippen LogP contribution in [0.3, 0.4) is 0 Å². The van der Waals surface area contributed by atoms with Gasteiger partial charge in [0.2, 0.25) is 5.91 Å². The first-order valence-electron chi connectivity index (χ1n) is 6.39. The fourth-order valence-electron chi connectivity index (χ4n) is 1.72. The lowest BCUT2D eigenvalue weighted by molar-refractivity contribution is -0.116. The van der Waals surface area contributed by atoms with Crippen LogP contribution in [-0.4, -0.2) is 12.5 Å². The summed E-state index contributed by atoms with van der Waals surface area (Å²) < 4.78 is 0. The molecular weight excluding hydrogens is 248 g/mol. The van der Waals surface area contributed by atoms with Gasteiger partial charge in [0.05, 0.1) is 10.7 Å². The molecule has 0 aliphatic heterocycles. The number of carbonyl (C=O) groups excluding carboxylic acids is 1. The average molecular weight is 269 g/mol. The molecule has 4 heteroatoms. The highest BCUT2D eigenvalue weighted by molar-refractivity contribution is 6.33. The standard InChI is InChI=1S/C14H21ClN2O/c1-11-7-8-13(12(15)10-11)17-14(18)6-4-2-3-5-9-16/h7-8,10H,2-6,9,16H2,1H3,(H,17,18). The van der Waals surface area contributed by atoms with Crippen molar-refractivity contribution < 1.29 is 4.79 Å². The van der Waals surface area contributed by atoms with Crippen LogP contribution in [0.25, 0.3) is 0 Å². The van der Waals surface area contributed by atoms with E-state index in [-0.39, 0.29) is 5.91 Å². The van der Waals surface area contributed by atoms with Crippen molar-refractivity contribution in [3.8, 4) is 0 Å². The summed E-state index contributed by atoms with van der Waals surface area (Å²) in [5.74, 6) is 0.0218. The van der Waals surface area contributed by atoms with Crippen molar-refractivity contribution in [2.75, 3.05) is 11.9 Å². The third-order valence-corrected chi connectivity index (χ3v) is 3.07. The number of nitrogens with two attached hydrogens (primary N) is 1. The molecule has 0 spiro atoms. The Morgan fingerprint density at radius 2 is 2.00 bits per heavy atom. The van der Waals surface area contributed by atoms with Crippen molar-refractivity contribution in [1.82, 2.24) is 0 Å². The maximum Gasteiger partial charge on any atom is 0.224 e. The second-order valence-corrected chi connectivity index (χ2v) is 4.89. The van der Waals surface area contributed by atoms with E-state index < -0.39 is 0 Å². The Morgan fingerprint density at radius 1 is 1.28 bits per heavy atom. The Labute approximate surface area is 114 Å². The number of hydrogen-bond donors (Lipinski definition) is 2. The number of unbranched alkanes of at least 4 members (excludes halogenated alkanes) is 3. The molecule has 0 fully saturated rings. The van der Waals surface area contributed by atoms with Crippen LogP contribution < -0.4 is 11.1 Å². The van der Waals surface area contributed by atoms with Crippen LogP contribution >= 0.6 is 11.6 Å². The van der Waals surface area contributed by atoms with E-state index in [1.54, 1.807) is 0 Å². The molecule has 0 radical (unpaired) electrons. The number of halogens is 1. The highest BCUT2D eigenvalue weighted by atomic mass is 35.5. The zero-order valence-corrected chi connectivity index (χ0v) is 11.6. The Balaban J connectivity index is 2.31. The van der Waals surface area contributed by atoms with E-state index in [1.165, 1.54) is 0 Å². The molecule has 100 valence electrons. The van der Waals surface area contributed by atoms with Gasteiger partial charge in [-0.15, -0.1) is 0 Å². The summed E-state index contributed by atoms with van der Waals surface area (Å²) in [4.78, 5) is 11.7. The number of rotatable bonds is 7. The highest BCUT2D eigenvalue weighted by Crippen LogP contribution is 2.22. The first-order chi connectivity index (χ1) is 8.63. The highest BCUT2D eigenvalue weighted by Gasteiger charge is 2.05. The molecule has 0 aliphatic carbocycles. The van der Waals surface area contributed by atoms with Crippen molar-refractivity contribution in [1.29, 1.82) is 0 Å². The smallest absolute Gasteiger partial charge is 0.224 e. The van der Waals surface area contributed by atoms with Crippen molar-refractivity contribution in [3.05, 3.63) is 28.8 Å². The monoisotopic (exact) mass is 268 g/mol. The van der Waals surface area contributed by atoms with E-state index in [2.05, 4.69) is 5.32 Å². The van der Waals surface area contributed by atoms with Crippen LogP contribution in [0.2, 0.25) is 5.02 Å². The Morgan fingerprint density at radius 3 is 2.67 bits per heavy atom. The van der Waals surface area contributed by atoms with Gasteiger partial charge in [0, 0.05) is 6.42 Å². The molecule has 0 bridgehead atoms. The largest absolute Gasteiger partial charge is 0.330 e. The summed E-state index contributed by atoms with van der Waals surface area (Å²) in [7, 11) is 0. The van der Waals surface area contributed by atoms with Crippen LogP contribution in [-0.2, 0) is 4.79 Å². The lowest BCUT2D eigenvalue weighted by Gasteiger charge is -2.07. The van der Waals surface area contributed by atoms with Gasteiger partial charge in [-0.2, -0.15) is 0 Å². The maximum absolute atomic E-state index is 11.7. The fourth-order valence-corrected chi connectivity index (χ4v) is 2.00. The summed E-state index contributed by atoms with van der Waals surface area (Å²) in [6.07, 6.45) is 4.61. The van der Waals surface area contributed by atoms with E-state index in [1.807, 2.05) is 25.1 Å². The molecule has 3 nitrogen and oxygen atoms in total. The van der Waals surface area contributed by atoms with Gasteiger partial charge in [-0.3, -0.25) is 4.79 Å². The zero-order valence-electron chi connectivity index (χ0n) is 10.8. The molecule has 0 atom stereocenters. The normalized spacial score (nSPS) is 10.4. The number of amides is 1. The third kappa shape index (κ3) is 5.52. The van der Waals surface area contributed by atoms with Crippen LogP contribution in [0, 0.1) is 6.92 Å². The fraction of sp³-hybridized carbons (Fsp3) is 0.500. The summed E-state index contributed by atoms with van der Waals surface area (Å²) >= 11 is 6.05. The lowest BCUT2D eigenvalue weighted by Crippen LogP contribution is -2.11. The summed E-state index contributed by atoms with van der Waals surface area (Å²) in [6, 6.07) is 5.62. The second-order valence-electron chi connectivity index (χ2n) is 4.48. The number of anilines is 1. The van der Waals surface area contributed by atoms with Gasteiger partial charge in [-0.25, -0.2) is 0 Å². The SMILES string of the molecule is Cc1ccc(NC(=O)CCCCCCN)c(Cl)c1. The predicted octanol–water partition coefficient (Wildman–Crippen LogP) is 3.50. The zero-order chi connectivity index (χ0) is 13.4. The molecule has 0 aromatic heterocycles. The molecule has 1 aromatic carbocycles. The number of carbonyl (C=O) groups is 1. The summed E-state index contributed by atoms with van der Waals surface area (Å²) in [5, 5.41) is 3.42. The summed E-state index contributed by atoms with van der Waals surface area (Å²) in [6.45, 7) is 2.69. The quantitative estimate of drug-likeness (QED) is 0.744. The van der Waals surface area contributed by atoms with Gasteiger partial charge >= 0.3 is 0 Å². The van der Waals surface area contributed by atoms with Crippen LogP contribution in [0.4, 0.5) is 5.69 Å². The minimum Gasteiger partial charge on any atom is -0.330 e. The van der Waals surface area contributed by atoms with Crippen LogP contribution in [0.1, 0.15) is 37.7 Å². The molecule has 0 aliphatic rings. The van der Waals surface area contributed by atoms with Crippen molar-refractivity contribution >= 4 is 23.2 Å². The van der Waals surface area contributed by atoms with Crippen molar-refractivity contribution in [2.45, 2.75) is 39.0 Å². The molecular formula is C14H21ClN2O. The molecule has 1 aromatic rings. The van der Waals surface area contributed by atoms with Gasteiger partial charge in [0.1, 0.15) is 0 Å². The molecule has 0 saturated heterocycles. The van der Waals surface area contributed by atoms with Gasteiger partial charge in [0.15, 0.2) is 0 Å². The first-order valence-corrected chi connectivity index (χ1v) is 6.77. The predicted molar refractivity (Wildman–Crippen MR) is 77.0 cm³/mol. The maximum atomic E-state index is 11.7. The number of aryl methyl sites for hydroxylation is 1. The summed E-state index contributed by atoms with van der Waals surface area (Å²) in [5.41, 5.74) is 7.18. The Kier molecular flexibility index (Phi) is 6.76. The minimum atomic E-state index is 0.0218. The van der Waals surface area contributed by atoms with Gasteiger partial charge in [-0.1, -0.05) is 30.5 Å². The topological polar surface area (TPSA) is 55.1 Å². The first kappa shape index (κ1) is 15.0. The van der Waals surface area contributed by atoms with E-state index in [4.69, 9.17) is 17.3 Å². The van der Waals surface area contributed by atoms with E-state index >= 15 is 0 Å². The number of nitrogens with one attached hydrogen (secondary N) is 1. The number of hydrogen-bond acceptors (Lipinski definition) is 2. The molecule has 1 amide bonds. The van der Waals surface area contributed by atoms with Crippen LogP contribution in [0.5, 0.6) is 0 Å². The molecule has 3 N–H and O–H groups in total. The minimum absolute atomic E-state index is 0.0218. The van der Waals surface area contributed by atoms with Crippen molar-refractivity contribution in [2.24, 2.45) is 5.73 Å². The molecule has 0 unspecified atom stereocenters. The van der Waals surface area contributed by atoms with Gasteiger partial charge in [-0.05, 0) is 44.0 Å². The third-order valence-electron chi connectivity index (χ3n) is 2.76. The molecule has 18 heavy (non-hydrogen) atoms. The molecule has 0 saturated carbocycles. The van der Waals surface area contributed by atoms with Crippen LogP contribution in [0.15, 0.2) is 18.2 Å². The van der Waals surface area contributed by atoms with E-state index in [9.17, 15) is 4.79 Å². The number of benzene rings is 1. The lowest BCUT2D eigenvalue weighted by atomic mass is 10.1. The average Bonchev–Trinajstić information content (AvgIpc) is 2.32.